The van der Waals surface area contributed by atoms with E-state index in [-0.39, 0.29) is 17.2 Å². The van der Waals surface area contributed by atoms with Gasteiger partial charge in [0.25, 0.3) is 23.3 Å². The molecule has 2 aliphatic heterocycles. The first-order valence-electron chi connectivity index (χ1n) is 13.5. The van der Waals surface area contributed by atoms with Gasteiger partial charge in [-0.25, -0.2) is 4.79 Å². The number of fused-ring (bicyclic) bond motifs is 4. The summed E-state index contributed by atoms with van der Waals surface area (Å²) in [7, 11) is 0. The van der Waals surface area contributed by atoms with E-state index in [9.17, 15) is 29.1 Å². The van der Waals surface area contributed by atoms with E-state index in [1.54, 1.807) is 43.3 Å². The lowest BCUT2D eigenvalue weighted by molar-refractivity contribution is -0.157. The molecular weight excluding hydrogens is 532 g/mol. The average molecular weight is 563 g/mol. The smallest absolute Gasteiger partial charge is 0.352 e. The minimum atomic E-state index is -1.29. The fourth-order valence-corrected chi connectivity index (χ4v) is 8.00. The van der Waals surface area contributed by atoms with Crippen LogP contribution in [-0.4, -0.2) is 60.7 Å². The fourth-order valence-electron chi connectivity index (χ4n) is 6.67. The predicted molar refractivity (Wildman–Crippen MR) is 147 cm³/mol. The van der Waals surface area contributed by atoms with Gasteiger partial charge in [-0.15, -0.1) is 11.8 Å². The highest BCUT2D eigenvalue weighted by molar-refractivity contribution is 8.00. The number of imide groups is 1. The number of hydrogen-bond acceptors (Lipinski definition) is 7. The van der Waals surface area contributed by atoms with Crippen molar-refractivity contribution in [3.8, 4) is 0 Å². The summed E-state index contributed by atoms with van der Waals surface area (Å²) in [5, 5.41) is 8.95. The molecule has 3 heterocycles. The van der Waals surface area contributed by atoms with Crippen LogP contribution in [0.4, 0.5) is 0 Å². The zero-order valence-corrected chi connectivity index (χ0v) is 22.8. The summed E-state index contributed by atoms with van der Waals surface area (Å²) in [6.07, 6.45) is 5.02. The van der Waals surface area contributed by atoms with Crippen LogP contribution in [0.1, 0.15) is 71.7 Å². The average Bonchev–Trinajstić information content (AvgIpc) is 3.31. The molecule has 0 radical (unpaired) electrons. The molecule has 5 atom stereocenters. The molecule has 10 nitrogen and oxygen atoms in total. The van der Waals surface area contributed by atoms with Crippen molar-refractivity contribution < 1.29 is 24.3 Å². The molecule has 11 heteroatoms. The number of pyridine rings is 1. The van der Waals surface area contributed by atoms with Crippen LogP contribution in [0.15, 0.2) is 52.5 Å². The molecule has 208 valence electrons. The van der Waals surface area contributed by atoms with Gasteiger partial charge in [0, 0.05) is 17.4 Å². The molecular formula is C29H30N4O6S. The number of nitrogens with one attached hydrogen (secondary N) is 1. The molecule has 2 aromatic rings. The Morgan fingerprint density at radius 1 is 1.15 bits per heavy atom. The van der Waals surface area contributed by atoms with Crippen LogP contribution >= 0.6 is 11.8 Å². The van der Waals surface area contributed by atoms with Gasteiger partial charge in [0.15, 0.2) is 0 Å². The summed E-state index contributed by atoms with van der Waals surface area (Å²) >= 11 is 1.27. The molecule has 2 fully saturated rings. The molecule has 2 aliphatic carbocycles. The van der Waals surface area contributed by atoms with Crippen molar-refractivity contribution in [2.45, 2.75) is 62.4 Å². The molecule has 40 heavy (non-hydrogen) atoms. The molecule has 3 amide bonds. The van der Waals surface area contributed by atoms with Crippen LogP contribution in [0.5, 0.6) is 0 Å². The highest BCUT2D eigenvalue weighted by atomic mass is 32.2. The number of carboxylic acids is 1. The van der Waals surface area contributed by atoms with E-state index in [4.69, 9.17) is 5.73 Å². The summed E-state index contributed by atoms with van der Waals surface area (Å²) < 4.78 is 0. The second-order valence-corrected chi connectivity index (χ2v) is 12.1. The topological polar surface area (TPSA) is 154 Å². The third-order valence-electron chi connectivity index (χ3n) is 8.64. The van der Waals surface area contributed by atoms with Gasteiger partial charge in [-0.05, 0) is 54.9 Å². The predicted octanol–water partition coefficient (Wildman–Crippen LogP) is 2.52. The Morgan fingerprint density at radius 3 is 2.60 bits per heavy atom. The van der Waals surface area contributed by atoms with Crippen LogP contribution in [0.3, 0.4) is 0 Å². The van der Waals surface area contributed by atoms with Gasteiger partial charge in [-0.3, -0.25) is 29.0 Å². The van der Waals surface area contributed by atoms with Crippen molar-refractivity contribution in [2.75, 3.05) is 5.75 Å². The van der Waals surface area contributed by atoms with Crippen LogP contribution in [-0.2, 0) is 20.8 Å². The highest BCUT2D eigenvalue weighted by Gasteiger charge is 2.58. The summed E-state index contributed by atoms with van der Waals surface area (Å²) in [6.45, 7) is 1.63. The van der Waals surface area contributed by atoms with E-state index in [2.05, 4.69) is 4.98 Å². The number of carbonyl (C=O) groups excluding carboxylic acids is 3. The Morgan fingerprint density at radius 2 is 1.88 bits per heavy atom. The Kier molecular flexibility index (Phi) is 6.66. The summed E-state index contributed by atoms with van der Waals surface area (Å²) in [4.78, 5) is 71.6. The second kappa shape index (κ2) is 10.0. The number of carboxylic acid groups (broad SMARTS) is 1. The van der Waals surface area contributed by atoms with Gasteiger partial charge in [0.2, 0.25) is 0 Å². The lowest BCUT2D eigenvalue weighted by atomic mass is 9.81. The van der Waals surface area contributed by atoms with Crippen LogP contribution in [0, 0.1) is 5.92 Å². The highest BCUT2D eigenvalue weighted by Crippen LogP contribution is 2.46. The molecule has 6 rings (SSSR count). The van der Waals surface area contributed by atoms with Crippen LogP contribution in [0.2, 0.25) is 0 Å². The number of aromatic amines is 1. The number of aromatic nitrogens is 1. The Bertz CT molecular complexity index is 1520. The maximum Gasteiger partial charge on any atom is 0.352 e. The molecule has 1 saturated heterocycles. The number of benzene rings is 1. The van der Waals surface area contributed by atoms with E-state index in [1.165, 1.54) is 11.8 Å². The zero-order valence-electron chi connectivity index (χ0n) is 22.0. The number of amides is 3. The molecule has 4 aliphatic rings. The standard InChI is InChI=1S/C29H30N4O6S/c1-14-13-40-28-23(27(37)33(28)22(14)29(38)39)32(26(36)20(30)15-7-3-2-4-8-15)25(35)19-12-17-11-16-9-5-6-10-18(16)21(17)31-24(19)34/h2-4,7-8,12,16,18,20,23,28H,5-6,9-11,13,30H2,1H3,(H,31,34)(H,38,39)/t16?,18?,20-,23-,28-/m1/s1. The van der Waals surface area contributed by atoms with Gasteiger partial charge in [0.05, 0.1) is 0 Å². The number of aliphatic carboxylic acids is 1. The first kappa shape index (κ1) is 26.5. The summed E-state index contributed by atoms with van der Waals surface area (Å²) in [5.74, 6) is -2.69. The monoisotopic (exact) mass is 562 g/mol. The van der Waals surface area contributed by atoms with Crippen molar-refractivity contribution in [1.29, 1.82) is 0 Å². The van der Waals surface area contributed by atoms with E-state index in [1.807, 2.05) is 0 Å². The first-order valence-corrected chi connectivity index (χ1v) is 14.6. The van der Waals surface area contributed by atoms with E-state index in [0.717, 1.165) is 53.2 Å². The zero-order chi connectivity index (χ0) is 28.3. The SMILES string of the molecule is CC1=C(C(=O)O)N2C(=O)[C@@H](N(C(=O)c3cc4c([nH]c3=O)C3CCCCC3C4)C(=O)[C@H](N)c3ccccc3)[C@H]2SC1. The van der Waals surface area contributed by atoms with Gasteiger partial charge in [-0.1, -0.05) is 43.2 Å². The maximum absolute atomic E-state index is 14.1. The Hall–Kier alpha value is -3.70. The molecule has 4 N–H and O–H groups in total. The molecule has 2 unspecified atom stereocenters. The molecule has 0 bridgehead atoms. The number of nitrogens with zero attached hydrogens (tertiary/aromatic N) is 2. The van der Waals surface area contributed by atoms with Gasteiger partial charge < -0.3 is 15.8 Å². The number of carbonyl (C=O) groups is 4. The number of thioether (sulfide) groups is 1. The Labute approximate surface area is 234 Å². The van der Waals surface area contributed by atoms with Crippen molar-refractivity contribution in [3.63, 3.8) is 0 Å². The second-order valence-electron chi connectivity index (χ2n) is 11.0. The summed E-state index contributed by atoms with van der Waals surface area (Å²) in [6, 6.07) is 7.48. The van der Waals surface area contributed by atoms with Crippen molar-refractivity contribution >= 4 is 35.5 Å². The fraction of sp³-hybridized carbons (Fsp3) is 0.414. The number of β-lactam (4-membered cyclic amide) rings is 1. The first-order chi connectivity index (χ1) is 19.2. The number of H-pyrrole nitrogens is 1. The van der Waals surface area contributed by atoms with Crippen molar-refractivity contribution in [3.05, 3.63) is 80.4 Å². The number of hydrogen-bond donors (Lipinski definition) is 3. The van der Waals surface area contributed by atoms with Gasteiger partial charge >= 0.3 is 5.97 Å². The third-order valence-corrected chi connectivity index (χ3v) is 10.1. The van der Waals surface area contributed by atoms with Crippen LogP contribution in [0.25, 0.3) is 0 Å². The number of rotatable bonds is 5. The van der Waals surface area contributed by atoms with E-state index >= 15 is 0 Å². The maximum atomic E-state index is 14.1. The van der Waals surface area contributed by atoms with Crippen molar-refractivity contribution in [2.24, 2.45) is 11.7 Å². The van der Waals surface area contributed by atoms with Crippen LogP contribution < -0.4 is 11.3 Å². The van der Waals surface area contributed by atoms with Gasteiger partial charge in [-0.2, -0.15) is 0 Å². The lowest BCUT2D eigenvalue weighted by Gasteiger charge is -2.52. The normalized spacial score (nSPS) is 25.9. The largest absolute Gasteiger partial charge is 0.477 e. The Balaban J connectivity index is 1.40. The van der Waals surface area contributed by atoms with Gasteiger partial charge in [0.1, 0.15) is 28.7 Å². The molecule has 0 spiro atoms. The van der Waals surface area contributed by atoms with Crippen molar-refractivity contribution in [1.82, 2.24) is 14.8 Å². The lowest BCUT2D eigenvalue weighted by Crippen LogP contribution is -2.72. The van der Waals surface area contributed by atoms with E-state index in [0.29, 0.717) is 22.8 Å². The minimum absolute atomic E-state index is 0.143. The number of nitrogens with two attached hydrogens (primary N) is 1. The minimum Gasteiger partial charge on any atom is -0.477 e. The molecule has 1 aromatic carbocycles. The quantitative estimate of drug-likeness (QED) is 0.470. The third kappa shape index (κ3) is 4.10. The summed E-state index contributed by atoms with van der Waals surface area (Å²) in [5.41, 5.74) is 8.07. The molecule has 1 aromatic heterocycles. The molecule has 1 saturated carbocycles. The van der Waals surface area contributed by atoms with E-state index < -0.39 is 46.7 Å².